The molecule has 0 N–H and O–H groups in total. The normalized spacial score (nSPS) is 18.5. The molecule has 0 bridgehead atoms. The van der Waals surface area contributed by atoms with E-state index in [1.807, 2.05) is 29.2 Å². The minimum Gasteiger partial charge on any atom is -0.493 e. The fraction of sp³-hybridized carbons (Fsp3) is 0.350. The van der Waals surface area contributed by atoms with Gasteiger partial charge < -0.3 is 19.3 Å². The van der Waals surface area contributed by atoms with Crippen molar-refractivity contribution in [3.8, 4) is 11.5 Å². The molecule has 130 valence electrons. The second kappa shape index (κ2) is 6.67. The number of methoxy groups -OCH3 is 1. The topological polar surface area (TPSA) is 42.0 Å². The maximum Gasteiger partial charge on any atom is 0.260 e. The highest BCUT2D eigenvalue weighted by molar-refractivity contribution is 5.78. The predicted octanol–water partition coefficient (Wildman–Crippen LogP) is 2.35. The molecule has 2 aliphatic rings. The first-order chi connectivity index (χ1) is 12.3. The summed E-state index contributed by atoms with van der Waals surface area (Å²) in [4.78, 5) is 16.9. The molecule has 0 spiro atoms. The molecule has 1 fully saturated rings. The van der Waals surface area contributed by atoms with Crippen LogP contribution in [0.15, 0.2) is 48.5 Å². The van der Waals surface area contributed by atoms with Gasteiger partial charge in [-0.3, -0.25) is 4.79 Å². The second-order valence-electron chi connectivity index (χ2n) is 6.46. The number of fused-ring (bicyclic) bond motifs is 3. The molecule has 0 aliphatic carbocycles. The highest BCUT2D eigenvalue weighted by atomic mass is 16.5. The van der Waals surface area contributed by atoms with E-state index in [9.17, 15) is 4.79 Å². The lowest BCUT2D eigenvalue weighted by atomic mass is 10.1. The molecular formula is C20H22N2O3. The first kappa shape index (κ1) is 15.8. The van der Waals surface area contributed by atoms with Crippen LogP contribution in [-0.2, 0) is 11.2 Å². The lowest BCUT2D eigenvalue weighted by molar-refractivity contribution is -0.134. The zero-order chi connectivity index (χ0) is 17.2. The van der Waals surface area contributed by atoms with E-state index in [0.29, 0.717) is 17.5 Å². The summed E-state index contributed by atoms with van der Waals surface area (Å²) in [5.74, 6) is 1.28. The van der Waals surface area contributed by atoms with Gasteiger partial charge in [-0.05, 0) is 30.2 Å². The van der Waals surface area contributed by atoms with Gasteiger partial charge in [-0.1, -0.05) is 30.3 Å². The largest absolute Gasteiger partial charge is 0.493 e. The van der Waals surface area contributed by atoms with Crippen molar-refractivity contribution in [2.75, 3.05) is 38.3 Å². The van der Waals surface area contributed by atoms with Crippen LogP contribution in [0.3, 0.4) is 0 Å². The molecule has 0 aromatic heterocycles. The standard InChI is InChI=1S/C20H22N2O3/c1-24-18-8-4-5-9-19(18)25-14-20(23)21-10-11-22-16(13-21)12-15-6-2-3-7-17(15)22/h2-9,16H,10-14H2,1H3. The molecule has 5 heteroatoms. The van der Waals surface area contributed by atoms with E-state index in [-0.39, 0.29) is 12.5 Å². The maximum atomic E-state index is 12.6. The van der Waals surface area contributed by atoms with E-state index < -0.39 is 0 Å². The Balaban J connectivity index is 1.37. The number of piperazine rings is 1. The number of rotatable bonds is 4. The molecule has 1 unspecified atom stereocenters. The van der Waals surface area contributed by atoms with Crippen LogP contribution in [0, 0.1) is 0 Å². The average molecular weight is 338 g/mol. The lowest BCUT2D eigenvalue weighted by Gasteiger charge is -2.39. The van der Waals surface area contributed by atoms with Crippen LogP contribution in [0.25, 0.3) is 0 Å². The summed E-state index contributed by atoms with van der Waals surface area (Å²) < 4.78 is 10.9. The van der Waals surface area contributed by atoms with Crippen molar-refractivity contribution in [1.29, 1.82) is 0 Å². The number of carbonyl (C=O) groups excluding carboxylic acids is 1. The molecule has 4 rings (SSSR count). The first-order valence-electron chi connectivity index (χ1n) is 8.64. The minimum atomic E-state index is 0.0292. The molecule has 25 heavy (non-hydrogen) atoms. The van der Waals surface area contributed by atoms with Gasteiger partial charge in [0.2, 0.25) is 0 Å². The van der Waals surface area contributed by atoms with Crippen LogP contribution in [0.4, 0.5) is 5.69 Å². The average Bonchev–Trinajstić information content (AvgIpc) is 3.04. The molecule has 2 heterocycles. The van der Waals surface area contributed by atoms with Gasteiger partial charge in [-0.15, -0.1) is 0 Å². The Hall–Kier alpha value is -2.69. The third kappa shape index (κ3) is 3.02. The van der Waals surface area contributed by atoms with Gasteiger partial charge in [0, 0.05) is 25.3 Å². The van der Waals surface area contributed by atoms with Crippen molar-refractivity contribution in [1.82, 2.24) is 4.90 Å². The van der Waals surface area contributed by atoms with Crippen LogP contribution in [0.2, 0.25) is 0 Å². The summed E-state index contributed by atoms with van der Waals surface area (Å²) in [6.45, 7) is 2.41. The Bertz CT molecular complexity index is 777. The number of benzene rings is 2. The Morgan fingerprint density at radius 2 is 1.84 bits per heavy atom. The van der Waals surface area contributed by atoms with Crippen molar-refractivity contribution in [2.45, 2.75) is 12.5 Å². The molecule has 0 saturated carbocycles. The Morgan fingerprint density at radius 3 is 2.68 bits per heavy atom. The van der Waals surface area contributed by atoms with Crippen LogP contribution < -0.4 is 14.4 Å². The van der Waals surface area contributed by atoms with Crippen LogP contribution in [-0.4, -0.2) is 50.2 Å². The van der Waals surface area contributed by atoms with Gasteiger partial charge in [0.1, 0.15) is 0 Å². The highest BCUT2D eigenvalue weighted by Gasteiger charge is 2.35. The SMILES string of the molecule is COc1ccccc1OCC(=O)N1CCN2c3ccccc3CC2C1. The van der Waals surface area contributed by atoms with E-state index in [1.54, 1.807) is 7.11 Å². The predicted molar refractivity (Wildman–Crippen MR) is 96.3 cm³/mol. The summed E-state index contributed by atoms with van der Waals surface area (Å²) >= 11 is 0. The number of para-hydroxylation sites is 3. The van der Waals surface area contributed by atoms with Crippen molar-refractivity contribution in [3.05, 3.63) is 54.1 Å². The number of hydrogen-bond donors (Lipinski definition) is 0. The number of amides is 1. The fourth-order valence-corrected chi connectivity index (χ4v) is 3.76. The molecule has 2 aromatic carbocycles. The summed E-state index contributed by atoms with van der Waals surface area (Å²) in [5, 5.41) is 0. The van der Waals surface area contributed by atoms with Crippen LogP contribution in [0.1, 0.15) is 5.56 Å². The molecule has 1 amide bonds. The van der Waals surface area contributed by atoms with E-state index in [0.717, 1.165) is 26.1 Å². The third-order valence-corrected chi connectivity index (χ3v) is 5.01. The number of hydrogen-bond acceptors (Lipinski definition) is 4. The summed E-state index contributed by atoms with van der Waals surface area (Å²) in [6, 6.07) is 16.3. The third-order valence-electron chi connectivity index (χ3n) is 5.01. The smallest absolute Gasteiger partial charge is 0.260 e. The van der Waals surface area contributed by atoms with E-state index >= 15 is 0 Å². The molecular weight excluding hydrogens is 316 g/mol. The van der Waals surface area contributed by atoms with Crippen LogP contribution >= 0.6 is 0 Å². The van der Waals surface area contributed by atoms with Crippen molar-refractivity contribution >= 4 is 11.6 Å². The molecule has 1 saturated heterocycles. The second-order valence-corrected chi connectivity index (χ2v) is 6.46. The number of nitrogens with zero attached hydrogens (tertiary/aromatic N) is 2. The fourth-order valence-electron chi connectivity index (χ4n) is 3.76. The Morgan fingerprint density at radius 1 is 1.08 bits per heavy atom. The van der Waals surface area contributed by atoms with Gasteiger partial charge >= 0.3 is 0 Å². The first-order valence-corrected chi connectivity index (χ1v) is 8.64. The Labute approximate surface area is 147 Å². The summed E-state index contributed by atoms with van der Waals surface area (Å²) in [6.07, 6.45) is 1.01. The molecule has 0 radical (unpaired) electrons. The quantitative estimate of drug-likeness (QED) is 0.858. The molecule has 2 aliphatic heterocycles. The van der Waals surface area contributed by atoms with Gasteiger partial charge in [0.05, 0.1) is 13.2 Å². The zero-order valence-corrected chi connectivity index (χ0v) is 14.4. The summed E-state index contributed by atoms with van der Waals surface area (Å²) in [7, 11) is 1.60. The van der Waals surface area contributed by atoms with Crippen molar-refractivity contribution in [3.63, 3.8) is 0 Å². The van der Waals surface area contributed by atoms with E-state index in [2.05, 4.69) is 29.2 Å². The van der Waals surface area contributed by atoms with Gasteiger partial charge in [-0.2, -0.15) is 0 Å². The molecule has 1 atom stereocenters. The van der Waals surface area contributed by atoms with Crippen LogP contribution in [0.5, 0.6) is 11.5 Å². The number of anilines is 1. The van der Waals surface area contributed by atoms with Gasteiger partial charge in [0.25, 0.3) is 5.91 Å². The highest BCUT2D eigenvalue weighted by Crippen LogP contribution is 2.34. The van der Waals surface area contributed by atoms with Gasteiger partial charge in [-0.25, -0.2) is 0 Å². The molecule has 5 nitrogen and oxygen atoms in total. The van der Waals surface area contributed by atoms with E-state index in [4.69, 9.17) is 9.47 Å². The maximum absolute atomic E-state index is 12.6. The number of ether oxygens (including phenoxy) is 2. The minimum absolute atomic E-state index is 0.0292. The zero-order valence-electron chi connectivity index (χ0n) is 14.4. The van der Waals surface area contributed by atoms with Crippen molar-refractivity contribution in [2.24, 2.45) is 0 Å². The van der Waals surface area contributed by atoms with Crippen molar-refractivity contribution < 1.29 is 14.3 Å². The number of carbonyl (C=O) groups is 1. The molecule has 2 aromatic rings. The Kier molecular flexibility index (Phi) is 4.22. The monoisotopic (exact) mass is 338 g/mol. The summed E-state index contributed by atoms with van der Waals surface area (Å²) in [5.41, 5.74) is 2.71. The lowest BCUT2D eigenvalue weighted by Crippen LogP contribution is -2.54. The van der Waals surface area contributed by atoms with Gasteiger partial charge in [0.15, 0.2) is 18.1 Å². The van der Waals surface area contributed by atoms with E-state index in [1.165, 1.54) is 11.3 Å².